The van der Waals surface area contributed by atoms with E-state index < -0.39 is 10.1 Å². The zero-order valence-corrected chi connectivity index (χ0v) is 13.0. The molecular formula is C13H20N2O5S. The first-order valence-corrected chi connectivity index (χ1v) is 8.23. The van der Waals surface area contributed by atoms with E-state index in [0.717, 1.165) is 18.7 Å². The molecule has 0 aliphatic rings. The van der Waals surface area contributed by atoms with Gasteiger partial charge in [0.25, 0.3) is 10.1 Å². The minimum atomic E-state index is -3.95. The molecule has 118 valence electrons. The van der Waals surface area contributed by atoms with E-state index in [-0.39, 0.29) is 11.4 Å². The number of anilines is 1. The maximum absolute atomic E-state index is 10.8. The van der Waals surface area contributed by atoms with Crippen LogP contribution in [0.4, 0.5) is 11.4 Å². The third-order valence-corrected chi connectivity index (χ3v) is 3.76. The lowest BCUT2D eigenvalue weighted by Crippen LogP contribution is -2.26. The van der Waals surface area contributed by atoms with Crippen molar-refractivity contribution in [2.75, 3.05) is 30.9 Å². The number of rotatable bonds is 9. The predicted molar refractivity (Wildman–Crippen MR) is 82.0 cm³/mol. The van der Waals surface area contributed by atoms with Gasteiger partial charge in [-0.1, -0.05) is 6.92 Å². The van der Waals surface area contributed by atoms with Crippen molar-refractivity contribution in [3.05, 3.63) is 23.1 Å². The van der Waals surface area contributed by atoms with Crippen LogP contribution in [-0.4, -0.2) is 38.9 Å². The van der Waals surface area contributed by atoms with Crippen molar-refractivity contribution in [2.24, 2.45) is 5.18 Å². The molecule has 0 saturated carbocycles. The highest BCUT2D eigenvalue weighted by Gasteiger charge is 2.12. The number of ether oxygens (including phenoxy) is 1. The zero-order valence-electron chi connectivity index (χ0n) is 12.2. The topological polar surface area (TPSA) is 96.3 Å². The Balaban J connectivity index is 2.87. The number of nitrogens with zero attached hydrogens (tertiary/aromatic N) is 2. The molecule has 0 bridgehead atoms. The average Bonchev–Trinajstić information content (AvgIpc) is 2.44. The Morgan fingerprint density at radius 3 is 2.57 bits per heavy atom. The largest absolute Gasteiger partial charge is 0.494 e. The van der Waals surface area contributed by atoms with Gasteiger partial charge in [0.1, 0.15) is 11.4 Å². The lowest BCUT2D eigenvalue weighted by molar-refractivity contribution is 0.416. The minimum Gasteiger partial charge on any atom is -0.494 e. The summed E-state index contributed by atoms with van der Waals surface area (Å²) in [7, 11) is -2.49. The van der Waals surface area contributed by atoms with Gasteiger partial charge in [-0.3, -0.25) is 4.55 Å². The van der Waals surface area contributed by atoms with E-state index in [1.54, 1.807) is 18.2 Å². The second kappa shape index (κ2) is 7.94. The maximum atomic E-state index is 10.8. The van der Waals surface area contributed by atoms with Crippen LogP contribution in [0.3, 0.4) is 0 Å². The highest BCUT2D eigenvalue weighted by atomic mass is 32.2. The van der Waals surface area contributed by atoms with Crippen molar-refractivity contribution in [1.82, 2.24) is 0 Å². The van der Waals surface area contributed by atoms with Crippen molar-refractivity contribution in [3.63, 3.8) is 0 Å². The van der Waals surface area contributed by atoms with Crippen LogP contribution in [-0.2, 0) is 10.1 Å². The van der Waals surface area contributed by atoms with Gasteiger partial charge >= 0.3 is 0 Å². The van der Waals surface area contributed by atoms with Gasteiger partial charge in [-0.15, -0.1) is 4.91 Å². The van der Waals surface area contributed by atoms with Gasteiger partial charge < -0.3 is 9.64 Å². The summed E-state index contributed by atoms with van der Waals surface area (Å²) in [6.07, 6.45) is 1.19. The van der Waals surface area contributed by atoms with Crippen molar-refractivity contribution in [3.8, 4) is 5.75 Å². The molecule has 7 nitrogen and oxygen atoms in total. The quantitative estimate of drug-likeness (QED) is 0.555. The van der Waals surface area contributed by atoms with E-state index in [1.807, 2.05) is 11.8 Å². The Bertz CT molecular complexity index is 574. The first kappa shape index (κ1) is 17.4. The van der Waals surface area contributed by atoms with Gasteiger partial charge in [-0.2, -0.15) is 8.42 Å². The van der Waals surface area contributed by atoms with Gasteiger partial charge in [0, 0.05) is 24.8 Å². The smallest absolute Gasteiger partial charge is 0.264 e. The maximum Gasteiger partial charge on any atom is 0.264 e. The Morgan fingerprint density at radius 1 is 1.33 bits per heavy atom. The molecule has 0 radical (unpaired) electrons. The first-order valence-electron chi connectivity index (χ1n) is 6.62. The Kier molecular flexibility index (Phi) is 6.57. The lowest BCUT2D eigenvalue weighted by Gasteiger charge is -2.24. The lowest BCUT2D eigenvalue weighted by atomic mass is 10.2. The van der Waals surface area contributed by atoms with E-state index in [1.165, 1.54) is 7.11 Å². The molecule has 0 fully saturated rings. The molecule has 0 aliphatic carbocycles. The van der Waals surface area contributed by atoms with E-state index in [9.17, 15) is 13.3 Å². The van der Waals surface area contributed by atoms with E-state index in [4.69, 9.17) is 9.29 Å². The van der Waals surface area contributed by atoms with E-state index in [0.29, 0.717) is 18.7 Å². The van der Waals surface area contributed by atoms with Crippen LogP contribution < -0.4 is 9.64 Å². The van der Waals surface area contributed by atoms with Crippen LogP contribution in [0.1, 0.15) is 19.8 Å². The van der Waals surface area contributed by atoms with E-state index >= 15 is 0 Å². The monoisotopic (exact) mass is 316 g/mol. The molecule has 0 heterocycles. The number of methoxy groups -OCH3 is 1. The third-order valence-electron chi connectivity index (χ3n) is 2.95. The molecule has 0 aliphatic heterocycles. The van der Waals surface area contributed by atoms with Gasteiger partial charge in [0.2, 0.25) is 0 Å². The molecule has 0 aromatic heterocycles. The van der Waals surface area contributed by atoms with Crippen molar-refractivity contribution < 1.29 is 17.7 Å². The van der Waals surface area contributed by atoms with Gasteiger partial charge in [-0.25, -0.2) is 0 Å². The van der Waals surface area contributed by atoms with Crippen LogP contribution in [0.25, 0.3) is 0 Å². The molecule has 1 N–H and O–H groups in total. The molecule has 1 aromatic rings. The summed E-state index contributed by atoms with van der Waals surface area (Å²) in [5.41, 5.74) is 1.03. The standard InChI is InChI=1S/C13H20N2O5S/c1-3-7-15(8-4-9-21(17,18)19)11-5-6-12(14-16)13(10-11)20-2/h5-6,10H,3-4,7-9H2,1-2H3,(H,17,18,19). The molecule has 0 atom stereocenters. The Hall–Kier alpha value is -1.67. The van der Waals surface area contributed by atoms with Crippen LogP contribution in [0, 0.1) is 4.91 Å². The van der Waals surface area contributed by atoms with Gasteiger partial charge in [0.05, 0.1) is 12.9 Å². The highest BCUT2D eigenvalue weighted by Crippen LogP contribution is 2.31. The molecule has 1 aromatic carbocycles. The van der Waals surface area contributed by atoms with Crippen LogP contribution in [0.15, 0.2) is 23.4 Å². The number of hydrogen-bond acceptors (Lipinski definition) is 6. The number of nitroso groups, excluding NO2 is 1. The Labute approximate surface area is 124 Å². The summed E-state index contributed by atoms with van der Waals surface area (Å²) >= 11 is 0. The highest BCUT2D eigenvalue weighted by molar-refractivity contribution is 7.85. The normalized spacial score (nSPS) is 11.2. The fourth-order valence-electron chi connectivity index (χ4n) is 2.02. The second-order valence-electron chi connectivity index (χ2n) is 4.57. The van der Waals surface area contributed by atoms with Gasteiger partial charge in [0.15, 0.2) is 0 Å². The van der Waals surface area contributed by atoms with Crippen molar-refractivity contribution in [1.29, 1.82) is 0 Å². The molecule has 21 heavy (non-hydrogen) atoms. The van der Waals surface area contributed by atoms with Crippen molar-refractivity contribution in [2.45, 2.75) is 19.8 Å². The minimum absolute atomic E-state index is 0.218. The molecule has 0 amide bonds. The SMILES string of the molecule is CCCN(CCCS(=O)(=O)O)c1ccc(N=O)c(OC)c1. The van der Waals surface area contributed by atoms with Crippen molar-refractivity contribution >= 4 is 21.5 Å². The summed E-state index contributed by atoms with van der Waals surface area (Å²) in [5, 5.41) is 2.88. The summed E-state index contributed by atoms with van der Waals surface area (Å²) in [4.78, 5) is 12.6. The molecule has 0 unspecified atom stereocenters. The fourth-order valence-corrected chi connectivity index (χ4v) is 2.51. The molecule has 0 spiro atoms. The predicted octanol–water partition coefficient (Wildman–Crippen LogP) is 2.59. The summed E-state index contributed by atoms with van der Waals surface area (Å²) in [6.45, 7) is 3.21. The van der Waals surface area contributed by atoms with Crippen LogP contribution in [0.5, 0.6) is 5.75 Å². The second-order valence-corrected chi connectivity index (χ2v) is 6.15. The third kappa shape index (κ3) is 5.68. The molecular weight excluding hydrogens is 296 g/mol. The Morgan fingerprint density at radius 2 is 2.05 bits per heavy atom. The summed E-state index contributed by atoms with van der Waals surface area (Å²) in [6, 6.07) is 4.99. The number of hydrogen-bond donors (Lipinski definition) is 1. The van der Waals surface area contributed by atoms with Crippen LogP contribution in [0.2, 0.25) is 0 Å². The first-order chi connectivity index (χ1) is 9.91. The molecule has 1 rings (SSSR count). The molecule has 8 heteroatoms. The van der Waals surface area contributed by atoms with E-state index in [2.05, 4.69) is 5.18 Å². The fraction of sp³-hybridized carbons (Fsp3) is 0.538. The number of benzene rings is 1. The van der Waals surface area contributed by atoms with Crippen LogP contribution >= 0.6 is 0 Å². The average molecular weight is 316 g/mol. The summed E-state index contributed by atoms with van der Waals surface area (Å²) in [5.74, 6) is 0.0941. The molecule has 0 saturated heterocycles. The summed E-state index contributed by atoms with van der Waals surface area (Å²) < 4.78 is 35.4. The van der Waals surface area contributed by atoms with Gasteiger partial charge in [-0.05, 0) is 30.2 Å². The zero-order chi connectivity index (χ0) is 15.9.